The fourth-order valence-electron chi connectivity index (χ4n) is 1.03. The molecule has 0 radical (unpaired) electrons. The molecular formula is C10H11FN2O2S. The van der Waals surface area contributed by atoms with Gasteiger partial charge in [0.1, 0.15) is 11.9 Å². The SMILES string of the molecule is CC(NC(=O)c1cc(S)ccc1F)C(N)=O. The van der Waals surface area contributed by atoms with Crippen LogP contribution in [0, 0.1) is 5.82 Å². The first-order valence-corrected chi connectivity index (χ1v) is 4.95. The first-order chi connectivity index (χ1) is 7.41. The molecule has 0 aliphatic rings. The van der Waals surface area contributed by atoms with E-state index in [9.17, 15) is 14.0 Å². The number of nitrogens with two attached hydrogens (primary N) is 1. The number of rotatable bonds is 3. The van der Waals surface area contributed by atoms with E-state index >= 15 is 0 Å². The smallest absolute Gasteiger partial charge is 0.254 e. The highest BCUT2D eigenvalue weighted by molar-refractivity contribution is 7.80. The average molecular weight is 242 g/mol. The number of nitrogens with one attached hydrogen (secondary N) is 1. The Morgan fingerprint density at radius 1 is 1.50 bits per heavy atom. The third-order valence-electron chi connectivity index (χ3n) is 1.97. The summed E-state index contributed by atoms with van der Waals surface area (Å²) in [6, 6.07) is 2.98. The fraction of sp³-hybridized carbons (Fsp3) is 0.200. The van der Waals surface area contributed by atoms with Crippen LogP contribution in [-0.4, -0.2) is 17.9 Å². The standard InChI is InChI=1S/C10H11FN2O2S/c1-5(9(12)14)13-10(15)7-4-6(16)2-3-8(7)11/h2-5,16H,1H3,(H2,12,14)(H,13,15). The van der Waals surface area contributed by atoms with Gasteiger partial charge in [-0.1, -0.05) is 0 Å². The number of halogens is 1. The monoisotopic (exact) mass is 242 g/mol. The molecular weight excluding hydrogens is 231 g/mol. The predicted octanol–water partition coefficient (Wildman–Crippen LogP) is 0.718. The van der Waals surface area contributed by atoms with Crippen LogP contribution in [0.15, 0.2) is 23.1 Å². The Morgan fingerprint density at radius 2 is 2.12 bits per heavy atom. The number of hydrogen-bond donors (Lipinski definition) is 3. The molecule has 0 heterocycles. The number of carbonyl (C=O) groups is 2. The minimum atomic E-state index is -0.851. The van der Waals surface area contributed by atoms with Crippen molar-refractivity contribution < 1.29 is 14.0 Å². The molecule has 1 rings (SSSR count). The highest BCUT2D eigenvalue weighted by Crippen LogP contribution is 2.13. The van der Waals surface area contributed by atoms with Gasteiger partial charge < -0.3 is 11.1 Å². The quantitative estimate of drug-likeness (QED) is 0.683. The van der Waals surface area contributed by atoms with Crippen molar-refractivity contribution in [3.8, 4) is 0 Å². The lowest BCUT2D eigenvalue weighted by molar-refractivity contribution is -0.119. The zero-order chi connectivity index (χ0) is 12.3. The maximum absolute atomic E-state index is 13.3. The molecule has 0 aromatic heterocycles. The minimum absolute atomic E-state index is 0.166. The number of thiol groups is 1. The van der Waals surface area contributed by atoms with Gasteiger partial charge in [-0.25, -0.2) is 4.39 Å². The molecule has 1 atom stereocenters. The molecule has 0 aliphatic heterocycles. The van der Waals surface area contributed by atoms with Gasteiger partial charge in [0, 0.05) is 4.90 Å². The van der Waals surface area contributed by atoms with Crippen LogP contribution in [0.2, 0.25) is 0 Å². The predicted molar refractivity (Wildman–Crippen MR) is 59.8 cm³/mol. The molecule has 0 aliphatic carbocycles. The van der Waals surface area contributed by atoms with Crippen molar-refractivity contribution in [3.63, 3.8) is 0 Å². The summed E-state index contributed by atoms with van der Waals surface area (Å²) >= 11 is 3.99. The van der Waals surface area contributed by atoms with E-state index in [2.05, 4.69) is 17.9 Å². The van der Waals surface area contributed by atoms with Crippen LogP contribution in [0.5, 0.6) is 0 Å². The van der Waals surface area contributed by atoms with Crippen molar-refractivity contribution >= 4 is 24.4 Å². The van der Waals surface area contributed by atoms with E-state index in [1.54, 1.807) is 0 Å². The molecule has 3 N–H and O–H groups in total. The van der Waals surface area contributed by atoms with Crippen LogP contribution in [0.3, 0.4) is 0 Å². The second-order valence-electron chi connectivity index (χ2n) is 3.26. The summed E-state index contributed by atoms with van der Waals surface area (Å²) in [4.78, 5) is 22.7. The highest BCUT2D eigenvalue weighted by atomic mass is 32.1. The van der Waals surface area contributed by atoms with Gasteiger partial charge in [-0.2, -0.15) is 0 Å². The summed E-state index contributed by atoms with van der Waals surface area (Å²) in [7, 11) is 0. The second-order valence-corrected chi connectivity index (χ2v) is 3.78. The summed E-state index contributed by atoms with van der Waals surface area (Å²) in [6.45, 7) is 1.42. The third kappa shape index (κ3) is 2.96. The number of carbonyl (C=O) groups excluding carboxylic acids is 2. The molecule has 0 saturated heterocycles. The van der Waals surface area contributed by atoms with E-state index in [1.807, 2.05) is 0 Å². The van der Waals surface area contributed by atoms with E-state index in [1.165, 1.54) is 19.1 Å². The Labute approximate surface area is 97.4 Å². The molecule has 6 heteroatoms. The van der Waals surface area contributed by atoms with Gasteiger partial charge in [0.2, 0.25) is 5.91 Å². The zero-order valence-electron chi connectivity index (χ0n) is 8.53. The van der Waals surface area contributed by atoms with E-state index in [4.69, 9.17) is 5.73 Å². The number of benzene rings is 1. The Bertz CT molecular complexity index is 437. The molecule has 86 valence electrons. The van der Waals surface area contributed by atoms with Crippen molar-refractivity contribution in [3.05, 3.63) is 29.6 Å². The van der Waals surface area contributed by atoms with Gasteiger partial charge in [0.05, 0.1) is 5.56 Å². The summed E-state index contributed by atoms with van der Waals surface area (Å²) < 4.78 is 13.3. The Balaban J connectivity index is 2.88. The lowest BCUT2D eigenvalue weighted by atomic mass is 10.2. The minimum Gasteiger partial charge on any atom is -0.368 e. The summed E-state index contributed by atoms with van der Waals surface area (Å²) in [6.07, 6.45) is 0. The Morgan fingerprint density at radius 3 is 2.69 bits per heavy atom. The molecule has 0 saturated carbocycles. The number of hydrogen-bond acceptors (Lipinski definition) is 3. The molecule has 1 unspecified atom stereocenters. The van der Waals surface area contributed by atoms with Crippen LogP contribution in [-0.2, 0) is 4.79 Å². The Hall–Kier alpha value is -1.56. The maximum atomic E-state index is 13.3. The van der Waals surface area contributed by atoms with E-state index in [0.29, 0.717) is 4.90 Å². The lowest BCUT2D eigenvalue weighted by Crippen LogP contribution is -2.42. The van der Waals surface area contributed by atoms with Gasteiger partial charge in [0.15, 0.2) is 0 Å². The van der Waals surface area contributed by atoms with Crippen molar-refractivity contribution in [1.29, 1.82) is 0 Å². The highest BCUT2D eigenvalue weighted by Gasteiger charge is 2.16. The van der Waals surface area contributed by atoms with Gasteiger partial charge in [-0.3, -0.25) is 9.59 Å². The summed E-state index contributed by atoms with van der Waals surface area (Å²) in [5, 5.41) is 2.28. The van der Waals surface area contributed by atoms with E-state index in [-0.39, 0.29) is 5.56 Å². The Kier molecular flexibility index (Phi) is 3.89. The first kappa shape index (κ1) is 12.5. The normalized spacial score (nSPS) is 11.9. The molecule has 1 aromatic carbocycles. The lowest BCUT2D eigenvalue weighted by Gasteiger charge is -2.10. The van der Waals surface area contributed by atoms with Crippen molar-refractivity contribution in [2.45, 2.75) is 17.9 Å². The van der Waals surface area contributed by atoms with Crippen LogP contribution >= 0.6 is 12.6 Å². The van der Waals surface area contributed by atoms with E-state index in [0.717, 1.165) is 6.07 Å². The maximum Gasteiger partial charge on any atom is 0.254 e. The van der Waals surface area contributed by atoms with Gasteiger partial charge in [-0.15, -0.1) is 12.6 Å². The van der Waals surface area contributed by atoms with E-state index < -0.39 is 23.7 Å². The largest absolute Gasteiger partial charge is 0.368 e. The van der Waals surface area contributed by atoms with Crippen LogP contribution < -0.4 is 11.1 Å². The fourth-order valence-corrected chi connectivity index (χ4v) is 1.24. The van der Waals surface area contributed by atoms with Gasteiger partial charge >= 0.3 is 0 Å². The van der Waals surface area contributed by atoms with Crippen LogP contribution in [0.4, 0.5) is 4.39 Å². The van der Waals surface area contributed by atoms with Crippen LogP contribution in [0.1, 0.15) is 17.3 Å². The zero-order valence-corrected chi connectivity index (χ0v) is 9.42. The topological polar surface area (TPSA) is 72.2 Å². The van der Waals surface area contributed by atoms with Crippen molar-refractivity contribution in [2.24, 2.45) is 5.73 Å². The average Bonchev–Trinajstić information content (AvgIpc) is 2.21. The third-order valence-corrected chi connectivity index (χ3v) is 2.25. The number of amides is 2. The number of primary amides is 1. The molecule has 4 nitrogen and oxygen atoms in total. The van der Waals surface area contributed by atoms with Crippen molar-refractivity contribution in [1.82, 2.24) is 5.32 Å². The first-order valence-electron chi connectivity index (χ1n) is 4.50. The molecule has 0 spiro atoms. The second kappa shape index (κ2) is 4.98. The van der Waals surface area contributed by atoms with Crippen LogP contribution in [0.25, 0.3) is 0 Å². The van der Waals surface area contributed by atoms with Gasteiger partial charge in [0.25, 0.3) is 5.91 Å². The molecule has 2 amide bonds. The molecule has 16 heavy (non-hydrogen) atoms. The summed E-state index contributed by atoms with van der Waals surface area (Å²) in [5.74, 6) is -2.05. The summed E-state index contributed by atoms with van der Waals surface area (Å²) in [5.41, 5.74) is 4.80. The van der Waals surface area contributed by atoms with Gasteiger partial charge in [-0.05, 0) is 25.1 Å². The molecule has 0 fully saturated rings. The molecule has 0 bridgehead atoms. The molecule has 1 aromatic rings. The van der Waals surface area contributed by atoms with Crippen molar-refractivity contribution in [2.75, 3.05) is 0 Å².